The summed E-state index contributed by atoms with van der Waals surface area (Å²) in [6, 6.07) is 22.0. The molecule has 4 aromatic rings. The van der Waals surface area contributed by atoms with Crippen molar-refractivity contribution in [2.75, 3.05) is 0 Å². The molecule has 0 spiro atoms. The number of nitrogens with zero attached hydrogens (tertiary/aromatic N) is 3. The second kappa shape index (κ2) is 11.8. The Kier molecular flexibility index (Phi) is 8.28. The zero-order chi connectivity index (χ0) is 27.1. The fourth-order valence-corrected chi connectivity index (χ4v) is 3.65. The van der Waals surface area contributed by atoms with Crippen LogP contribution in [-0.4, -0.2) is 27.4 Å². The topological polar surface area (TPSA) is 82.5 Å². The molecule has 0 saturated carbocycles. The third kappa shape index (κ3) is 6.89. The first-order valence-electron chi connectivity index (χ1n) is 11.4. The second-order valence-corrected chi connectivity index (χ2v) is 8.56. The SMILES string of the molecule is N/C(=C\C(=Nc1ccccc1Cl)c1ccc(C(=O)OCc2nccn2Cc2ccccc2)cc1)C(F)(F)F. The minimum atomic E-state index is -4.74. The maximum atomic E-state index is 13.1. The second-order valence-electron chi connectivity index (χ2n) is 8.16. The van der Waals surface area contributed by atoms with E-state index in [-0.39, 0.29) is 28.6 Å². The van der Waals surface area contributed by atoms with Crippen LogP contribution >= 0.6 is 11.6 Å². The number of alkyl halides is 3. The van der Waals surface area contributed by atoms with Crippen molar-refractivity contribution in [3.8, 4) is 0 Å². The molecule has 6 nitrogen and oxygen atoms in total. The number of para-hydroxylation sites is 1. The van der Waals surface area contributed by atoms with Crippen molar-refractivity contribution in [1.29, 1.82) is 0 Å². The molecule has 0 aliphatic heterocycles. The molecule has 0 aliphatic carbocycles. The minimum absolute atomic E-state index is 0.0511. The summed E-state index contributed by atoms with van der Waals surface area (Å²) >= 11 is 6.13. The number of carbonyl (C=O) groups is 1. The highest BCUT2D eigenvalue weighted by Crippen LogP contribution is 2.27. The number of ether oxygens (including phenoxy) is 1. The van der Waals surface area contributed by atoms with Gasteiger partial charge in [-0.15, -0.1) is 0 Å². The molecule has 0 atom stereocenters. The van der Waals surface area contributed by atoms with Crippen molar-refractivity contribution in [3.05, 3.63) is 131 Å². The fourth-order valence-electron chi connectivity index (χ4n) is 3.48. The van der Waals surface area contributed by atoms with E-state index in [1.165, 1.54) is 24.3 Å². The van der Waals surface area contributed by atoms with Crippen LogP contribution in [0, 0.1) is 0 Å². The lowest BCUT2D eigenvalue weighted by Crippen LogP contribution is -2.21. The fraction of sp³-hybridized carbons (Fsp3) is 0.107. The number of hydrogen-bond acceptors (Lipinski definition) is 5. The van der Waals surface area contributed by atoms with Gasteiger partial charge in [0, 0.05) is 24.5 Å². The molecule has 0 unspecified atom stereocenters. The minimum Gasteiger partial charge on any atom is -0.454 e. The first-order chi connectivity index (χ1) is 18.2. The average Bonchev–Trinajstić information content (AvgIpc) is 3.35. The van der Waals surface area contributed by atoms with Crippen LogP contribution in [0.5, 0.6) is 0 Å². The quantitative estimate of drug-likeness (QED) is 0.206. The monoisotopic (exact) mass is 538 g/mol. The van der Waals surface area contributed by atoms with Gasteiger partial charge in [0.15, 0.2) is 0 Å². The third-order valence-corrected chi connectivity index (χ3v) is 5.78. The Morgan fingerprint density at radius 3 is 2.34 bits per heavy atom. The van der Waals surface area contributed by atoms with E-state index in [1.54, 1.807) is 36.7 Å². The van der Waals surface area contributed by atoms with Gasteiger partial charge in [-0.2, -0.15) is 13.2 Å². The lowest BCUT2D eigenvalue weighted by atomic mass is 10.1. The van der Waals surface area contributed by atoms with Gasteiger partial charge in [-0.05, 0) is 35.9 Å². The molecule has 1 heterocycles. The molecule has 194 valence electrons. The number of carbonyl (C=O) groups excluding carboxylic acids is 1. The Morgan fingerprint density at radius 2 is 1.66 bits per heavy atom. The molecule has 0 aliphatic rings. The molecule has 0 saturated heterocycles. The predicted octanol–water partition coefficient (Wildman–Crippen LogP) is 6.47. The normalized spacial score (nSPS) is 12.4. The maximum Gasteiger partial charge on any atom is 0.430 e. The summed E-state index contributed by atoms with van der Waals surface area (Å²) in [6.45, 7) is 0.523. The van der Waals surface area contributed by atoms with Gasteiger partial charge in [0.1, 0.15) is 18.1 Å². The number of allylic oxidation sites excluding steroid dienone is 2. The van der Waals surface area contributed by atoms with E-state index in [4.69, 9.17) is 22.1 Å². The summed E-state index contributed by atoms with van der Waals surface area (Å²) in [7, 11) is 0. The number of benzene rings is 3. The lowest BCUT2D eigenvalue weighted by molar-refractivity contribution is -0.0925. The van der Waals surface area contributed by atoms with E-state index in [2.05, 4.69) is 9.98 Å². The Hall–Kier alpha value is -4.37. The summed E-state index contributed by atoms with van der Waals surface area (Å²) in [6.07, 6.45) is -0.591. The summed E-state index contributed by atoms with van der Waals surface area (Å²) in [5.74, 6) is -0.0403. The Morgan fingerprint density at radius 1 is 1.00 bits per heavy atom. The molecule has 2 N–H and O–H groups in total. The van der Waals surface area contributed by atoms with Crippen LogP contribution in [0.25, 0.3) is 0 Å². The highest BCUT2D eigenvalue weighted by Gasteiger charge is 2.31. The van der Waals surface area contributed by atoms with Gasteiger partial charge in [0.05, 0.1) is 22.0 Å². The van der Waals surface area contributed by atoms with Crippen LogP contribution in [0.4, 0.5) is 18.9 Å². The molecule has 0 bridgehead atoms. The van der Waals surface area contributed by atoms with Crippen molar-refractivity contribution in [3.63, 3.8) is 0 Å². The standard InChI is InChI=1S/C28H22ClF3N4O2/c29-22-8-4-5-9-23(22)35-24(16-25(33)28(30,31)32)20-10-12-21(13-11-20)27(37)38-18-26-34-14-15-36(26)17-19-6-2-1-3-7-19/h1-16H,17-18,33H2/b25-16-,35-24?. The molecule has 3 aromatic carbocycles. The van der Waals surface area contributed by atoms with Gasteiger partial charge in [-0.25, -0.2) is 14.8 Å². The molecule has 4 rings (SSSR count). The van der Waals surface area contributed by atoms with Crippen LogP contribution in [0.2, 0.25) is 5.02 Å². The van der Waals surface area contributed by atoms with Gasteiger partial charge in [-0.1, -0.05) is 66.2 Å². The zero-order valence-electron chi connectivity index (χ0n) is 19.9. The van der Waals surface area contributed by atoms with Crippen LogP contribution in [0.1, 0.15) is 27.3 Å². The van der Waals surface area contributed by atoms with Crippen molar-refractivity contribution in [2.45, 2.75) is 19.3 Å². The number of aromatic nitrogens is 2. The van der Waals surface area contributed by atoms with E-state index in [0.29, 0.717) is 17.9 Å². The van der Waals surface area contributed by atoms with E-state index in [9.17, 15) is 18.0 Å². The van der Waals surface area contributed by atoms with E-state index >= 15 is 0 Å². The number of hydrogen-bond donors (Lipinski definition) is 1. The first kappa shape index (κ1) is 26.7. The van der Waals surface area contributed by atoms with Gasteiger partial charge < -0.3 is 15.0 Å². The van der Waals surface area contributed by atoms with Crippen LogP contribution in [0.15, 0.2) is 108 Å². The molecule has 0 radical (unpaired) electrons. The third-order valence-electron chi connectivity index (χ3n) is 5.46. The number of nitrogens with two attached hydrogens (primary N) is 1. The molecular formula is C28H22ClF3N4O2. The summed E-state index contributed by atoms with van der Waals surface area (Å²) in [5.41, 5.74) is 5.70. The molecule has 0 amide bonds. The number of aliphatic imine (C=N–C) groups is 1. The van der Waals surface area contributed by atoms with Gasteiger partial charge in [0.2, 0.25) is 0 Å². The molecule has 10 heteroatoms. The lowest BCUT2D eigenvalue weighted by Gasteiger charge is -2.10. The van der Waals surface area contributed by atoms with Crippen molar-refractivity contribution in [1.82, 2.24) is 9.55 Å². The highest BCUT2D eigenvalue weighted by molar-refractivity contribution is 6.33. The van der Waals surface area contributed by atoms with Gasteiger partial charge in [-0.3, -0.25) is 0 Å². The first-order valence-corrected chi connectivity index (χ1v) is 11.8. The average molecular weight is 539 g/mol. The largest absolute Gasteiger partial charge is 0.454 e. The molecule has 0 fully saturated rings. The number of imidazole rings is 1. The van der Waals surface area contributed by atoms with Crippen molar-refractivity contribution >= 4 is 29.0 Å². The van der Waals surface area contributed by atoms with Gasteiger partial charge in [0.25, 0.3) is 0 Å². The predicted molar refractivity (Wildman–Crippen MR) is 139 cm³/mol. The van der Waals surface area contributed by atoms with Crippen LogP contribution < -0.4 is 5.73 Å². The number of esters is 1. The Bertz CT molecular complexity index is 1460. The van der Waals surface area contributed by atoms with E-state index in [0.717, 1.165) is 11.6 Å². The van der Waals surface area contributed by atoms with Crippen LogP contribution in [-0.2, 0) is 17.9 Å². The zero-order valence-corrected chi connectivity index (χ0v) is 20.7. The maximum absolute atomic E-state index is 13.1. The summed E-state index contributed by atoms with van der Waals surface area (Å²) in [4.78, 5) is 21.2. The van der Waals surface area contributed by atoms with E-state index in [1.807, 2.05) is 34.9 Å². The molecule has 38 heavy (non-hydrogen) atoms. The number of rotatable bonds is 8. The van der Waals surface area contributed by atoms with Gasteiger partial charge >= 0.3 is 12.1 Å². The molecule has 1 aromatic heterocycles. The highest BCUT2D eigenvalue weighted by atomic mass is 35.5. The Balaban J connectivity index is 1.51. The summed E-state index contributed by atoms with van der Waals surface area (Å²) in [5, 5.41) is 0.259. The molecular weight excluding hydrogens is 517 g/mol. The smallest absolute Gasteiger partial charge is 0.430 e. The van der Waals surface area contributed by atoms with Crippen molar-refractivity contribution in [2.24, 2.45) is 10.7 Å². The Labute approximate surface area is 221 Å². The van der Waals surface area contributed by atoms with Crippen molar-refractivity contribution < 1.29 is 22.7 Å². The summed E-state index contributed by atoms with van der Waals surface area (Å²) < 4.78 is 46.7. The number of halogens is 4. The van der Waals surface area contributed by atoms with E-state index < -0.39 is 17.8 Å². The van der Waals surface area contributed by atoms with Crippen LogP contribution in [0.3, 0.4) is 0 Å².